The Morgan fingerprint density at radius 2 is 2.05 bits per heavy atom. The second-order valence-electron chi connectivity index (χ2n) is 4.48. The van der Waals surface area contributed by atoms with Crippen molar-refractivity contribution in [2.75, 3.05) is 11.9 Å². The van der Waals surface area contributed by atoms with Crippen LogP contribution in [0.25, 0.3) is 0 Å². The van der Waals surface area contributed by atoms with Gasteiger partial charge in [0.15, 0.2) is 0 Å². The summed E-state index contributed by atoms with van der Waals surface area (Å²) in [5.74, 6) is -0.0926. The maximum atomic E-state index is 11.6. The Morgan fingerprint density at radius 3 is 2.81 bits per heavy atom. The minimum absolute atomic E-state index is 0.0926. The van der Waals surface area contributed by atoms with Gasteiger partial charge in [-0.1, -0.05) is 24.3 Å². The number of benzene rings is 1. The molecule has 1 heterocycles. The summed E-state index contributed by atoms with van der Waals surface area (Å²) in [5, 5.41) is 7.15. The zero-order chi connectivity index (χ0) is 14.8. The molecule has 1 aromatic carbocycles. The van der Waals surface area contributed by atoms with Gasteiger partial charge in [-0.2, -0.15) is 5.10 Å². The average Bonchev–Trinajstić information content (AvgIpc) is 2.54. The fraction of sp³-hybridized carbons (Fsp3) is 0.188. The molecule has 0 saturated carbocycles. The van der Waals surface area contributed by atoms with Crippen molar-refractivity contribution in [3.05, 3.63) is 60.4 Å². The van der Waals surface area contributed by atoms with Crippen molar-refractivity contribution in [1.29, 1.82) is 0 Å². The zero-order valence-electron chi connectivity index (χ0n) is 11.7. The first-order chi connectivity index (χ1) is 10.3. The number of hydrogen-bond donors (Lipinski definition) is 2. The summed E-state index contributed by atoms with van der Waals surface area (Å²) >= 11 is 0. The second-order valence-corrected chi connectivity index (χ2v) is 4.48. The van der Waals surface area contributed by atoms with Gasteiger partial charge >= 0.3 is 0 Å². The van der Waals surface area contributed by atoms with Gasteiger partial charge in [0.05, 0.1) is 6.21 Å². The smallest absolute Gasteiger partial charge is 0.240 e. The maximum Gasteiger partial charge on any atom is 0.240 e. The van der Waals surface area contributed by atoms with E-state index in [1.54, 1.807) is 18.6 Å². The van der Waals surface area contributed by atoms with E-state index in [2.05, 4.69) is 20.8 Å². The van der Waals surface area contributed by atoms with E-state index in [0.29, 0.717) is 6.42 Å². The van der Waals surface area contributed by atoms with E-state index < -0.39 is 0 Å². The number of hydrazone groups is 1. The lowest BCUT2D eigenvalue weighted by atomic mass is 10.2. The van der Waals surface area contributed by atoms with Gasteiger partial charge in [-0.3, -0.25) is 9.78 Å². The first-order valence-electron chi connectivity index (χ1n) is 6.85. The van der Waals surface area contributed by atoms with E-state index in [1.807, 2.05) is 42.5 Å². The number of nitrogens with one attached hydrogen (secondary N) is 2. The molecule has 5 heteroatoms. The molecule has 0 saturated heterocycles. The van der Waals surface area contributed by atoms with Crippen LogP contribution in [0.15, 0.2) is 60.0 Å². The Morgan fingerprint density at radius 1 is 1.19 bits per heavy atom. The molecule has 0 aliphatic rings. The monoisotopic (exact) mass is 282 g/mol. The minimum Gasteiger partial charge on any atom is -0.385 e. The third-order valence-electron chi connectivity index (χ3n) is 2.77. The van der Waals surface area contributed by atoms with Crippen LogP contribution in [-0.4, -0.2) is 23.7 Å². The number of pyridine rings is 1. The average molecular weight is 282 g/mol. The largest absolute Gasteiger partial charge is 0.385 e. The molecule has 2 aromatic rings. The molecule has 0 aliphatic heterocycles. The molecule has 1 amide bonds. The maximum absolute atomic E-state index is 11.6. The van der Waals surface area contributed by atoms with Crippen molar-refractivity contribution in [2.45, 2.75) is 12.8 Å². The molecule has 0 fully saturated rings. The molecular weight excluding hydrogens is 264 g/mol. The number of anilines is 1. The molecular formula is C16H18N4O. The lowest BCUT2D eigenvalue weighted by molar-refractivity contribution is -0.121. The van der Waals surface area contributed by atoms with E-state index in [9.17, 15) is 4.79 Å². The molecule has 0 radical (unpaired) electrons. The normalized spacial score (nSPS) is 10.5. The van der Waals surface area contributed by atoms with E-state index in [0.717, 1.165) is 24.2 Å². The predicted octanol–water partition coefficient (Wildman–Crippen LogP) is 2.42. The van der Waals surface area contributed by atoms with Crippen molar-refractivity contribution in [3.8, 4) is 0 Å². The molecule has 2 rings (SSSR count). The SMILES string of the molecule is O=C(CCCNc1ccccc1)N/N=C/c1cccnc1. The number of rotatable bonds is 7. The molecule has 21 heavy (non-hydrogen) atoms. The summed E-state index contributed by atoms with van der Waals surface area (Å²) in [5.41, 5.74) is 4.42. The van der Waals surface area contributed by atoms with E-state index in [4.69, 9.17) is 0 Å². The molecule has 0 spiro atoms. The summed E-state index contributed by atoms with van der Waals surface area (Å²) in [4.78, 5) is 15.5. The number of hydrogen-bond acceptors (Lipinski definition) is 4. The lowest BCUT2D eigenvalue weighted by Gasteiger charge is -2.05. The Balaban J connectivity index is 1.61. The molecule has 0 atom stereocenters. The Hall–Kier alpha value is -2.69. The molecule has 0 unspecified atom stereocenters. The third-order valence-corrected chi connectivity index (χ3v) is 2.77. The fourth-order valence-electron chi connectivity index (χ4n) is 1.72. The van der Waals surface area contributed by atoms with Crippen LogP contribution in [0.2, 0.25) is 0 Å². The Labute approximate surface area is 124 Å². The van der Waals surface area contributed by atoms with Crippen LogP contribution in [0.5, 0.6) is 0 Å². The highest BCUT2D eigenvalue weighted by atomic mass is 16.2. The highest BCUT2D eigenvalue weighted by molar-refractivity contribution is 5.81. The van der Waals surface area contributed by atoms with Crippen LogP contribution in [0.4, 0.5) is 5.69 Å². The van der Waals surface area contributed by atoms with Gasteiger partial charge in [-0.05, 0) is 24.6 Å². The second kappa shape index (κ2) is 8.47. The Bertz CT molecular complexity index is 569. The number of carbonyl (C=O) groups is 1. The molecule has 108 valence electrons. The van der Waals surface area contributed by atoms with Crippen molar-refractivity contribution >= 4 is 17.8 Å². The van der Waals surface area contributed by atoms with Gasteiger partial charge in [0.1, 0.15) is 0 Å². The number of para-hydroxylation sites is 1. The highest BCUT2D eigenvalue weighted by Gasteiger charge is 1.99. The summed E-state index contributed by atoms with van der Waals surface area (Å²) < 4.78 is 0. The standard InChI is InChI=1S/C16H18N4O/c21-16(20-19-13-14-6-4-10-17-12-14)9-5-11-18-15-7-2-1-3-8-15/h1-4,6-8,10,12-13,18H,5,9,11H2,(H,20,21)/b19-13+. The number of amides is 1. The Kier molecular flexibility index (Phi) is 5.94. The lowest BCUT2D eigenvalue weighted by Crippen LogP contribution is -2.18. The molecule has 1 aromatic heterocycles. The molecule has 2 N–H and O–H groups in total. The molecule has 5 nitrogen and oxygen atoms in total. The summed E-state index contributed by atoms with van der Waals surface area (Å²) in [6.07, 6.45) is 6.13. The third kappa shape index (κ3) is 5.86. The fourth-order valence-corrected chi connectivity index (χ4v) is 1.72. The van der Waals surface area contributed by atoms with Gasteiger partial charge in [-0.15, -0.1) is 0 Å². The number of nitrogens with zero attached hydrogens (tertiary/aromatic N) is 2. The van der Waals surface area contributed by atoms with Crippen LogP contribution in [0.1, 0.15) is 18.4 Å². The highest BCUT2D eigenvalue weighted by Crippen LogP contribution is 2.04. The first kappa shape index (κ1) is 14.7. The van der Waals surface area contributed by atoms with E-state index in [1.165, 1.54) is 0 Å². The van der Waals surface area contributed by atoms with Crippen molar-refractivity contribution in [2.24, 2.45) is 5.10 Å². The van der Waals surface area contributed by atoms with E-state index in [-0.39, 0.29) is 5.91 Å². The van der Waals surface area contributed by atoms with Gasteiger partial charge < -0.3 is 5.32 Å². The first-order valence-corrected chi connectivity index (χ1v) is 6.85. The van der Waals surface area contributed by atoms with Gasteiger partial charge in [-0.25, -0.2) is 5.43 Å². The molecule has 0 aliphatic carbocycles. The number of aromatic nitrogens is 1. The van der Waals surface area contributed by atoms with Gasteiger partial charge in [0.25, 0.3) is 0 Å². The van der Waals surface area contributed by atoms with Crippen LogP contribution in [0.3, 0.4) is 0 Å². The predicted molar refractivity (Wildman–Crippen MR) is 84.1 cm³/mol. The van der Waals surface area contributed by atoms with Gasteiger partial charge in [0, 0.05) is 36.6 Å². The summed E-state index contributed by atoms with van der Waals surface area (Å²) in [6, 6.07) is 13.6. The van der Waals surface area contributed by atoms with Crippen LogP contribution < -0.4 is 10.7 Å². The number of carbonyl (C=O) groups excluding carboxylic acids is 1. The molecule has 0 bridgehead atoms. The minimum atomic E-state index is -0.0926. The van der Waals surface area contributed by atoms with Crippen molar-refractivity contribution in [1.82, 2.24) is 10.4 Å². The topological polar surface area (TPSA) is 66.4 Å². The van der Waals surface area contributed by atoms with Gasteiger partial charge in [0.2, 0.25) is 5.91 Å². The van der Waals surface area contributed by atoms with E-state index >= 15 is 0 Å². The van der Waals surface area contributed by atoms with Crippen molar-refractivity contribution in [3.63, 3.8) is 0 Å². The summed E-state index contributed by atoms with van der Waals surface area (Å²) in [6.45, 7) is 0.754. The van der Waals surface area contributed by atoms with Crippen LogP contribution >= 0.6 is 0 Å². The zero-order valence-corrected chi connectivity index (χ0v) is 11.7. The van der Waals surface area contributed by atoms with Crippen molar-refractivity contribution < 1.29 is 4.79 Å². The summed E-state index contributed by atoms with van der Waals surface area (Å²) in [7, 11) is 0. The van der Waals surface area contributed by atoms with Crippen LogP contribution in [-0.2, 0) is 4.79 Å². The van der Waals surface area contributed by atoms with Crippen LogP contribution in [0, 0.1) is 0 Å². The quantitative estimate of drug-likeness (QED) is 0.465.